The minimum Gasteiger partial charge on any atom is -0.356 e. The van der Waals surface area contributed by atoms with Crippen LogP contribution in [0.1, 0.15) is 17.0 Å². The quantitative estimate of drug-likeness (QED) is 0.502. The van der Waals surface area contributed by atoms with Gasteiger partial charge in [-0.1, -0.05) is 46.6 Å². The summed E-state index contributed by atoms with van der Waals surface area (Å²) >= 11 is 5.90. The van der Waals surface area contributed by atoms with Gasteiger partial charge in [0.2, 0.25) is 11.7 Å². The molecule has 0 bridgehead atoms. The van der Waals surface area contributed by atoms with Crippen molar-refractivity contribution in [3.63, 3.8) is 0 Å². The lowest BCUT2D eigenvalue weighted by atomic mass is 10.1. The molecule has 1 heterocycles. The first-order valence-electron chi connectivity index (χ1n) is 8.72. The minimum atomic E-state index is 0.559. The van der Waals surface area contributed by atoms with Crippen LogP contribution in [0.3, 0.4) is 0 Å². The summed E-state index contributed by atoms with van der Waals surface area (Å²) in [5, 5.41) is 11.2. The van der Waals surface area contributed by atoms with E-state index >= 15 is 0 Å². The Bertz CT molecular complexity index is 905. The van der Waals surface area contributed by atoms with E-state index in [1.807, 2.05) is 12.1 Å². The number of guanidine groups is 1. The summed E-state index contributed by atoms with van der Waals surface area (Å²) in [6, 6.07) is 15.7. The number of aryl methyl sites for hydroxylation is 1. The maximum atomic E-state index is 5.90. The predicted octanol–water partition coefficient (Wildman–Crippen LogP) is 3.61. The van der Waals surface area contributed by atoms with Crippen molar-refractivity contribution in [1.29, 1.82) is 0 Å². The molecular formula is C20H22ClN5O. The molecule has 0 radical (unpaired) electrons. The molecule has 0 spiro atoms. The molecule has 0 aliphatic heterocycles. The largest absolute Gasteiger partial charge is 0.356 e. The summed E-state index contributed by atoms with van der Waals surface area (Å²) in [7, 11) is 1.75. The van der Waals surface area contributed by atoms with Crippen LogP contribution in [-0.2, 0) is 13.0 Å². The zero-order valence-electron chi connectivity index (χ0n) is 15.4. The Labute approximate surface area is 163 Å². The highest BCUT2D eigenvalue weighted by Crippen LogP contribution is 2.18. The Kier molecular flexibility index (Phi) is 6.44. The van der Waals surface area contributed by atoms with Crippen LogP contribution >= 0.6 is 11.6 Å². The van der Waals surface area contributed by atoms with Crippen LogP contribution in [0.4, 0.5) is 0 Å². The molecule has 2 N–H and O–H groups in total. The molecular weight excluding hydrogens is 362 g/mol. The minimum absolute atomic E-state index is 0.559. The van der Waals surface area contributed by atoms with Gasteiger partial charge in [0.05, 0.1) is 0 Å². The van der Waals surface area contributed by atoms with Gasteiger partial charge in [-0.25, -0.2) is 0 Å². The first-order valence-corrected chi connectivity index (χ1v) is 9.10. The van der Waals surface area contributed by atoms with Gasteiger partial charge in [-0.15, -0.1) is 0 Å². The predicted molar refractivity (Wildman–Crippen MR) is 108 cm³/mol. The molecule has 0 saturated heterocycles. The molecule has 1 aromatic heterocycles. The second kappa shape index (κ2) is 9.19. The number of hydrogen-bond acceptors (Lipinski definition) is 4. The molecule has 3 aromatic rings. The first kappa shape index (κ1) is 18.9. The molecule has 0 atom stereocenters. The van der Waals surface area contributed by atoms with Crippen LogP contribution in [0, 0.1) is 6.92 Å². The van der Waals surface area contributed by atoms with E-state index in [9.17, 15) is 0 Å². The van der Waals surface area contributed by atoms with Crippen LogP contribution in [0.2, 0.25) is 5.02 Å². The zero-order chi connectivity index (χ0) is 19.1. The average Bonchev–Trinajstić information content (AvgIpc) is 3.14. The van der Waals surface area contributed by atoms with Crippen LogP contribution in [-0.4, -0.2) is 29.7 Å². The van der Waals surface area contributed by atoms with E-state index in [1.165, 1.54) is 11.1 Å². The lowest BCUT2D eigenvalue weighted by molar-refractivity contribution is 0.378. The molecule has 2 aromatic carbocycles. The van der Waals surface area contributed by atoms with Gasteiger partial charge in [-0.3, -0.25) is 4.99 Å². The third kappa shape index (κ3) is 5.56. The Morgan fingerprint density at radius 1 is 1.15 bits per heavy atom. The topological polar surface area (TPSA) is 75.3 Å². The van der Waals surface area contributed by atoms with E-state index in [-0.39, 0.29) is 0 Å². The first-order chi connectivity index (χ1) is 13.1. The number of nitrogens with zero attached hydrogens (tertiary/aromatic N) is 3. The molecule has 0 aliphatic carbocycles. The SMILES string of the molecule is CN=C(NCCc1nc(-c2ccc(Cl)cc2)no1)NCc1cccc(C)c1. The highest BCUT2D eigenvalue weighted by atomic mass is 35.5. The second-order valence-electron chi connectivity index (χ2n) is 6.11. The average molecular weight is 384 g/mol. The fourth-order valence-electron chi connectivity index (χ4n) is 2.59. The van der Waals surface area contributed by atoms with Crippen LogP contribution < -0.4 is 10.6 Å². The fraction of sp³-hybridized carbons (Fsp3) is 0.250. The van der Waals surface area contributed by atoms with Crippen molar-refractivity contribution < 1.29 is 4.52 Å². The van der Waals surface area contributed by atoms with E-state index in [4.69, 9.17) is 16.1 Å². The third-order valence-electron chi connectivity index (χ3n) is 3.97. The van der Waals surface area contributed by atoms with Gasteiger partial charge >= 0.3 is 0 Å². The lowest BCUT2D eigenvalue weighted by Gasteiger charge is -2.11. The van der Waals surface area contributed by atoms with E-state index in [0.717, 1.165) is 11.5 Å². The van der Waals surface area contributed by atoms with Gasteiger partial charge < -0.3 is 15.2 Å². The molecule has 0 fully saturated rings. The van der Waals surface area contributed by atoms with Crippen molar-refractivity contribution in [2.24, 2.45) is 4.99 Å². The standard InChI is InChI=1S/C20H22ClN5O/c1-14-4-3-5-15(12-14)13-24-20(22-2)23-11-10-18-25-19(26-27-18)16-6-8-17(21)9-7-16/h3-9,12H,10-11,13H2,1-2H3,(H2,22,23,24). The maximum Gasteiger partial charge on any atom is 0.228 e. The van der Waals surface area contributed by atoms with Gasteiger partial charge in [-0.2, -0.15) is 4.98 Å². The summed E-state index contributed by atoms with van der Waals surface area (Å²) in [4.78, 5) is 8.65. The Balaban J connectivity index is 1.47. The zero-order valence-corrected chi connectivity index (χ0v) is 16.1. The number of hydrogen-bond donors (Lipinski definition) is 2. The van der Waals surface area contributed by atoms with E-state index in [0.29, 0.717) is 36.2 Å². The van der Waals surface area contributed by atoms with Crippen molar-refractivity contribution in [3.8, 4) is 11.4 Å². The van der Waals surface area contributed by atoms with Crippen LogP contribution in [0.15, 0.2) is 58.0 Å². The summed E-state index contributed by atoms with van der Waals surface area (Å²) in [5.41, 5.74) is 3.32. The van der Waals surface area contributed by atoms with Crippen molar-refractivity contribution in [2.45, 2.75) is 19.9 Å². The number of benzene rings is 2. The number of rotatable bonds is 6. The number of halogens is 1. The normalized spacial score (nSPS) is 11.4. The Morgan fingerprint density at radius 3 is 2.70 bits per heavy atom. The summed E-state index contributed by atoms with van der Waals surface area (Å²) < 4.78 is 5.31. The molecule has 0 aliphatic rings. The smallest absolute Gasteiger partial charge is 0.228 e. The van der Waals surface area contributed by atoms with Gasteiger partial charge in [-0.05, 0) is 36.8 Å². The number of nitrogens with one attached hydrogen (secondary N) is 2. The monoisotopic (exact) mass is 383 g/mol. The summed E-state index contributed by atoms with van der Waals surface area (Å²) in [6.45, 7) is 3.43. The van der Waals surface area contributed by atoms with E-state index in [1.54, 1.807) is 19.2 Å². The molecule has 3 rings (SSSR count). The fourth-order valence-corrected chi connectivity index (χ4v) is 2.71. The summed E-state index contributed by atoms with van der Waals surface area (Å²) in [6.07, 6.45) is 0.603. The van der Waals surface area contributed by atoms with Crippen molar-refractivity contribution in [1.82, 2.24) is 20.8 Å². The van der Waals surface area contributed by atoms with E-state index < -0.39 is 0 Å². The summed E-state index contributed by atoms with van der Waals surface area (Å²) in [5.74, 6) is 1.86. The molecule has 27 heavy (non-hydrogen) atoms. The van der Waals surface area contributed by atoms with Crippen LogP contribution in [0.25, 0.3) is 11.4 Å². The molecule has 0 saturated carbocycles. The lowest BCUT2D eigenvalue weighted by Crippen LogP contribution is -2.37. The van der Waals surface area contributed by atoms with Gasteiger partial charge in [0, 0.05) is 37.1 Å². The van der Waals surface area contributed by atoms with Crippen molar-refractivity contribution in [3.05, 3.63) is 70.6 Å². The Hall–Kier alpha value is -2.86. The van der Waals surface area contributed by atoms with Crippen molar-refractivity contribution >= 4 is 17.6 Å². The molecule has 7 heteroatoms. The van der Waals surface area contributed by atoms with E-state index in [2.05, 4.69) is 57.0 Å². The second-order valence-corrected chi connectivity index (χ2v) is 6.55. The molecule has 140 valence electrons. The molecule has 0 amide bonds. The number of aliphatic imine (C=N–C) groups is 1. The molecule has 6 nitrogen and oxygen atoms in total. The maximum absolute atomic E-state index is 5.90. The highest BCUT2D eigenvalue weighted by molar-refractivity contribution is 6.30. The third-order valence-corrected chi connectivity index (χ3v) is 4.22. The van der Waals surface area contributed by atoms with Gasteiger partial charge in [0.25, 0.3) is 0 Å². The molecule has 0 unspecified atom stereocenters. The van der Waals surface area contributed by atoms with Crippen molar-refractivity contribution in [2.75, 3.05) is 13.6 Å². The van der Waals surface area contributed by atoms with Gasteiger partial charge in [0.1, 0.15) is 0 Å². The van der Waals surface area contributed by atoms with Gasteiger partial charge in [0.15, 0.2) is 5.96 Å². The highest BCUT2D eigenvalue weighted by Gasteiger charge is 2.08. The Morgan fingerprint density at radius 2 is 1.96 bits per heavy atom. The number of aromatic nitrogens is 2. The van der Waals surface area contributed by atoms with Crippen LogP contribution in [0.5, 0.6) is 0 Å².